The Hall–Kier alpha value is -3.19. The number of nitrogens with zero attached hydrogens (tertiary/aromatic N) is 1. The number of hydrazone groups is 1. The topological polar surface area (TPSA) is 95.8 Å². The highest BCUT2D eigenvalue weighted by atomic mass is 32.2. The number of hydrogen-bond donors (Lipinski definition) is 2. The number of carbonyl (C=O) groups is 1. The monoisotopic (exact) mass is 478 g/mol. The molecule has 1 aliphatic rings. The highest BCUT2D eigenvalue weighted by molar-refractivity contribution is 7.88. The van der Waals surface area contributed by atoms with Crippen molar-refractivity contribution in [2.75, 3.05) is 6.26 Å². The van der Waals surface area contributed by atoms with E-state index in [0.29, 0.717) is 5.71 Å². The lowest BCUT2D eigenvalue weighted by molar-refractivity contribution is 0.0697. The van der Waals surface area contributed by atoms with E-state index in [0.717, 1.165) is 41.0 Å². The second kappa shape index (κ2) is 8.24. The van der Waals surface area contributed by atoms with Gasteiger partial charge in [0.2, 0.25) is 10.0 Å². The quantitative estimate of drug-likeness (QED) is 0.390. The molecular formula is C27H30N2O4S. The van der Waals surface area contributed by atoms with Crippen molar-refractivity contribution in [3.63, 3.8) is 0 Å². The fourth-order valence-corrected chi connectivity index (χ4v) is 4.94. The predicted octanol–water partition coefficient (Wildman–Crippen LogP) is 5.19. The number of nitrogens with one attached hydrogen (secondary N) is 1. The molecule has 178 valence electrons. The van der Waals surface area contributed by atoms with Crippen molar-refractivity contribution in [2.24, 2.45) is 5.10 Å². The minimum atomic E-state index is -3.55. The lowest BCUT2D eigenvalue weighted by Gasteiger charge is -2.42. The molecule has 0 radical (unpaired) electrons. The van der Waals surface area contributed by atoms with E-state index in [1.54, 1.807) is 18.2 Å². The first kappa shape index (κ1) is 24.0. The summed E-state index contributed by atoms with van der Waals surface area (Å²) in [7, 11) is -3.55. The molecule has 0 unspecified atom stereocenters. The summed E-state index contributed by atoms with van der Waals surface area (Å²) in [5, 5.41) is 15.2. The predicted molar refractivity (Wildman–Crippen MR) is 136 cm³/mol. The van der Waals surface area contributed by atoms with Gasteiger partial charge in [-0.3, -0.25) is 0 Å². The zero-order chi connectivity index (χ0) is 24.9. The molecule has 3 aromatic carbocycles. The molecule has 4 rings (SSSR count). The van der Waals surface area contributed by atoms with Crippen LogP contribution in [0.1, 0.15) is 73.1 Å². The lowest BCUT2D eigenvalue weighted by Crippen LogP contribution is -2.34. The molecule has 7 heteroatoms. The number of sulfonamides is 1. The second-order valence-corrected chi connectivity index (χ2v) is 12.2. The molecule has 1 aliphatic carbocycles. The van der Waals surface area contributed by atoms with E-state index in [2.05, 4.69) is 49.8 Å². The van der Waals surface area contributed by atoms with Gasteiger partial charge in [-0.25, -0.2) is 18.0 Å². The lowest BCUT2D eigenvalue weighted by atomic mass is 9.63. The van der Waals surface area contributed by atoms with Crippen LogP contribution in [-0.2, 0) is 20.9 Å². The van der Waals surface area contributed by atoms with Gasteiger partial charge in [0, 0.05) is 11.1 Å². The molecule has 0 bridgehead atoms. The van der Waals surface area contributed by atoms with Gasteiger partial charge in [0.25, 0.3) is 0 Å². The van der Waals surface area contributed by atoms with E-state index in [1.807, 2.05) is 24.3 Å². The summed E-state index contributed by atoms with van der Waals surface area (Å²) in [5.74, 6) is -0.981. The van der Waals surface area contributed by atoms with E-state index in [-0.39, 0.29) is 16.4 Å². The zero-order valence-electron chi connectivity index (χ0n) is 20.1. The molecule has 2 N–H and O–H groups in total. The van der Waals surface area contributed by atoms with Gasteiger partial charge in [-0.1, -0.05) is 58.0 Å². The van der Waals surface area contributed by atoms with Crippen LogP contribution in [0.4, 0.5) is 0 Å². The van der Waals surface area contributed by atoms with Gasteiger partial charge in [-0.15, -0.1) is 0 Å². The summed E-state index contributed by atoms with van der Waals surface area (Å²) >= 11 is 0. The van der Waals surface area contributed by atoms with Crippen molar-refractivity contribution in [2.45, 2.75) is 51.4 Å². The van der Waals surface area contributed by atoms with Gasteiger partial charge in [0.05, 0.1) is 17.5 Å². The average molecular weight is 479 g/mol. The van der Waals surface area contributed by atoms with E-state index in [4.69, 9.17) is 0 Å². The van der Waals surface area contributed by atoms with E-state index in [1.165, 1.54) is 11.1 Å². The number of hydrogen-bond acceptors (Lipinski definition) is 4. The highest BCUT2D eigenvalue weighted by Crippen LogP contribution is 2.46. The summed E-state index contributed by atoms with van der Waals surface area (Å²) < 4.78 is 23.7. The third kappa shape index (κ3) is 4.71. The summed E-state index contributed by atoms with van der Waals surface area (Å²) in [6.45, 7) is 9.00. The van der Waals surface area contributed by atoms with Crippen LogP contribution in [0.15, 0.2) is 59.7 Å². The van der Waals surface area contributed by atoms with Crippen molar-refractivity contribution in [1.82, 2.24) is 4.83 Å². The van der Waals surface area contributed by atoms with Gasteiger partial charge in [-0.2, -0.15) is 5.10 Å². The Morgan fingerprint density at radius 2 is 1.32 bits per heavy atom. The molecule has 0 saturated carbocycles. The molecule has 3 aromatic rings. The molecule has 0 spiro atoms. The maximum Gasteiger partial charge on any atom is 0.335 e. The van der Waals surface area contributed by atoms with Crippen molar-refractivity contribution < 1.29 is 18.3 Å². The van der Waals surface area contributed by atoms with Crippen molar-refractivity contribution in [1.29, 1.82) is 0 Å². The molecule has 6 nitrogen and oxygen atoms in total. The number of carboxylic acids is 1. The summed E-state index contributed by atoms with van der Waals surface area (Å²) in [6, 6.07) is 16.8. The first-order valence-corrected chi connectivity index (χ1v) is 13.1. The van der Waals surface area contributed by atoms with Crippen molar-refractivity contribution in [3.8, 4) is 0 Å². The van der Waals surface area contributed by atoms with Gasteiger partial charge in [0.15, 0.2) is 0 Å². The fraction of sp³-hybridized carbons (Fsp3) is 0.333. The van der Waals surface area contributed by atoms with Crippen LogP contribution in [0.3, 0.4) is 0 Å². The van der Waals surface area contributed by atoms with E-state index < -0.39 is 16.0 Å². The Labute approximate surface area is 200 Å². The standard InChI is InChI=1S/C27H30N2O4S/c1-26(2)12-13-27(3,4)23-16-20(10-11-22(23)26)24(28-29-34(5,32)33)19-8-6-18-15-21(25(30)31)9-7-17(18)14-19/h6-11,14-16,29H,12-13H2,1-5H3,(H,30,31)/b28-24-. The Kier molecular flexibility index (Phi) is 5.80. The molecule has 0 amide bonds. The average Bonchev–Trinajstić information content (AvgIpc) is 2.76. The third-order valence-electron chi connectivity index (χ3n) is 6.81. The van der Waals surface area contributed by atoms with Crippen LogP contribution < -0.4 is 4.83 Å². The Balaban J connectivity index is 1.88. The number of aromatic carboxylic acids is 1. The Bertz CT molecular complexity index is 1440. The fourth-order valence-electron chi connectivity index (χ4n) is 4.69. The molecular weight excluding hydrogens is 448 g/mol. The maximum absolute atomic E-state index is 11.9. The van der Waals surface area contributed by atoms with Crippen LogP contribution in [0.5, 0.6) is 0 Å². The molecule has 0 aliphatic heterocycles. The minimum Gasteiger partial charge on any atom is -0.478 e. The number of rotatable bonds is 5. The van der Waals surface area contributed by atoms with Gasteiger partial charge < -0.3 is 5.11 Å². The van der Waals surface area contributed by atoms with Crippen LogP contribution in [0, 0.1) is 0 Å². The van der Waals surface area contributed by atoms with Gasteiger partial charge in [-0.05, 0) is 69.8 Å². The number of carboxylic acid groups (broad SMARTS) is 1. The van der Waals surface area contributed by atoms with Crippen LogP contribution in [0.2, 0.25) is 0 Å². The second-order valence-electron chi connectivity index (χ2n) is 10.4. The van der Waals surface area contributed by atoms with Crippen molar-refractivity contribution in [3.05, 3.63) is 82.4 Å². The third-order valence-corrected chi connectivity index (χ3v) is 7.23. The molecule has 0 fully saturated rings. The summed E-state index contributed by atoms with van der Waals surface area (Å²) in [4.78, 5) is 13.6. The summed E-state index contributed by atoms with van der Waals surface area (Å²) in [5.41, 5.74) is 4.90. The minimum absolute atomic E-state index is 0.00709. The van der Waals surface area contributed by atoms with Gasteiger partial charge in [0.1, 0.15) is 0 Å². The number of benzene rings is 3. The highest BCUT2D eigenvalue weighted by Gasteiger charge is 2.37. The maximum atomic E-state index is 11.9. The molecule has 34 heavy (non-hydrogen) atoms. The van der Waals surface area contributed by atoms with Crippen LogP contribution >= 0.6 is 0 Å². The zero-order valence-corrected chi connectivity index (χ0v) is 21.0. The van der Waals surface area contributed by atoms with Crippen LogP contribution in [0.25, 0.3) is 10.8 Å². The van der Waals surface area contributed by atoms with Crippen LogP contribution in [-0.4, -0.2) is 31.5 Å². The Morgan fingerprint density at radius 1 is 0.824 bits per heavy atom. The smallest absolute Gasteiger partial charge is 0.335 e. The molecule has 0 atom stereocenters. The molecule has 0 heterocycles. The Morgan fingerprint density at radius 3 is 1.91 bits per heavy atom. The SMILES string of the molecule is CC1(C)CCC(C)(C)c2cc(/C(=N\NS(C)(=O)=O)c3ccc4cc(C(=O)O)ccc4c3)ccc21. The number of fused-ring (bicyclic) bond motifs is 2. The van der Waals surface area contributed by atoms with E-state index >= 15 is 0 Å². The normalized spacial score (nSPS) is 17.3. The molecule has 0 saturated heterocycles. The summed E-state index contributed by atoms with van der Waals surface area (Å²) in [6.07, 6.45) is 3.23. The first-order chi connectivity index (χ1) is 15.8. The first-order valence-electron chi connectivity index (χ1n) is 11.2. The van der Waals surface area contributed by atoms with Gasteiger partial charge >= 0.3 is 5.97 Å². The largest absolute Gasteiger partial charge is 0.478 e. The van der Waals surface area contributed by atoms with E-state index in [9.17, 15) is 18.3 Å². The molecule has 0 aromatic heterocycles. The van der Waals surface area contributed by atoms with Crippen molar-refractivity contribution >= 4 is 32.5 Å².